The van der Waals surface area contributed by atoms with E-state index in [-0.39, 0.29) is 10.8 Å². The summed E-state index contributed by atoms with van der Waals surface area (Å²) in [6, 6.07) is 3.56. The first-order valence-corrected chi connectivity index (χ1v) is 5.28. The zero-order chi connectivity index (χ0) is 12.4. The van der Waals surface area contributed by atoms with Crippen LogP contribution >= 0.6 is 12.2 Å². The van der Waals surface area contributed by atoms with E-state index in [4.69, 9.17) is 12.2 Å². The van der Waals surface area contributed by atoms with Crippen LogP contribution in [0.5, 0.6) is 0 Å². The zero-order valence-corrected chi connectivity index (χ0v) is 9.82. The molecule has 0 unspecified atom stereocenters. The maximum atomic E-state index is 11.8. The molecule has 1 aromatic heterocycles. The van der Waals surface area contributed by atoms with Crippen molar-refractivity contribution in [1.29, 1.82) is 0 Å². The van der Waals surface area contributed by atoms with Gasteiger partial charge in [-0.15, -0.1) is 0 Å². The number of carbonyl (C=O) groups excluding carboxylic acids is 2. The summed E-state index contributed by atoms with van der Waals surface area (Å²) in [7, 11) is 0. The van der Waals surface area contributed by atoms with E-state index in [9.17, 15) is 9.59 Å². The molecular formula is C11H9N3O2S. The molecule has 0 radical (unpaired) electrons. The number of nitrogens with one attached hydrogen (secondary N) is 1. The van der Waals surface area contributed by atoms with Crippen molar-refractivity contribution in [1.82, 2.24) is 15.2 Å². The Hall–Kier alpha value is -2.08. The number of carbonyl (C=O) groups is 2. The van der Waals surface area contributed by atoms with Crippen LogP contribution in [0.3, 0.4) is 0 Å². The van der Waals surface area contributed by atoms with Crippen LogP contribution in [0.2, 0.25) is 0 Å². The first-order chi connectivity index (χ1) is 8.09. The molecule has 1 fully saturated rings. The van der Waals surface area contributed by atoms with Crippen LogP contribution in [0, 0.1) is 0 Å². The van der Waals surface area contributed by atoms with Crippen molar-refractivity contribution in [2.24, 2.45) is 0 Å². The number of hydrogen-bond acceptors (Lipinski definition) is 4. The van der Waals surface area contributed by atoms with Gasteiger partial charge in [0.05, 0.1) is 0 Å². The highest BCUT2D eigenvalue weighted by Gasteiger charge is 2.33. The minimum Gasteiger partial charge on any atom is -0.327 e. The first-order valence-electron chi connectivity index (χ1n) is 4.87. The lowest BCUT2D eigenvalue weighted by Crippen LogP contribution is -2.34. The van der Waals surface area contributed by atoms with Crippen LogP contribution in [0.4, 0.5) is 0 Å². The summed E-state index contributed by atoms with van der Waals surface area (Å²) in [5, 5.41) is 2.81. The minimum absolute atomic E-state index is 0.109. The third-order valence-electron chi connectivity index (χ3n) is 2.19. The lowest BCUT2D eigenvalue weighted by molar-refractivity contribution is -0.135. The molecule has 0 aromatic carbocycles. The number of pyridine rings is 1. The van der Waals surface area contributed by atoms with Crippen molar-refractivity contribution >= 4 is 35.2 Å². The highest BCUT2D eigenvalue weighted by Crippen LogP contribution is 2.13. The summed E-state index contributed by atoms with van der Waals surface area (Å²) in [5.41, 5.74) is 1.04. The van der Waals surface area contributed by atoms with E-state index in [1.807, 2.05) is 0 Å². The van der Waals surface area contributed by atoms with Crippen LogP contribution in [0.25, 0.3) is 6.08 Å². The van der Waals surface area contributed by atoms with Crippen LogP contribution in [0.15, 0.2) is 30.2 Å². The average molecular weight is 247 g/mol. The van der Waals surface area contributed by atoms with Gasteiger partial charge in [0.15, 0.2) is 5.11 Å². The number of imide groups is 1. The quantitative estimate of drug-likeness (QED) is 0.584. The Morgan fingerprint density at radius 3 is 2.88 bits per heavy atom. The molecule has 2 rings (SSSR count). The van der Waals surface area contributed by atoms with Crippen LogP contribution in [0.1, 0.15) is 12.5 Å². The van der Waals surface area contributed by atoms with E-state index in [1.165, 1.54) is 6.92 Å². The summed E-state index contributed by atoms with van der Waals surface area (Å²) in [6.07, 6.45) is 4.85. The largest absolute Gasteiger partial charge is 0.327 e. The number of nitrogens with zero attached hydrogens (tertiary/aromatic N) is 2. The van der Waals surface area contributed by atoms with E-state index in [0.29, 0.717) is 0 Å². The van der Waals surface area contributed by atoms with Crippen molar-refractivity contribution in [3.63, 3.8) is 0 Å². The molecule has 0 atom stereocenters. The molecule has 1 saturated heterocycles. The average Bonchev–Trinajstić information content (AvgIpc) is 2.55. The molecule has 0 aliphatic carbocycles. The Bertz CT molecular complexity index is 525. The Morgan fingerprint density at radius 2 is 2.35 bits per heavy atom. The first kappa shape index (κ1) is 11.4. The van der Waals surface area contributed by atoms with Crippen molar-refractivity contribution in [2.45, 2.75) is 6.92 Å². The van der Waals surface area contributed by atoms with Gasteiger partial charge in [-0.3, -0.25) is 14.6 Å². The lowest BCUT2D eigenvalue weighted by Gasteiger charge is -2.06. The highest BCUT2D eigenvalue weighted by molar-refractivity contribution is 7.80. The third-order valence-corrected chi connectivity index (χ3v) is 2.47. The fraction of sp³-hybridized carbons (Fsp3) is 0.0909. The second-order valence-electron chi connectivity index (χ2n) is 3.43. The van der Waals surface area contributed by atoms with Crippen molar-refractivity contribution in [3.8, 4) is 0 Å². The predicted molar refractivity (Wildman–Crippen MR) is 65.5 cm³/mol. The Balaban J connectivity index is 2.31. The molecule has 2 amide bonds. The van der Waals surface area contributed by atoms with E-state index >= 15 is 0 Å². The number of amides is 2. The van der Waals surface area contributed by atoms with Crippen molar-refractivity contribution < 1.29 is 9.59 Å². The molecule has 17 heavy (non-hydrogen) atoms. The van der Waals surface area contributed by atoms with Crippen LogP contribution < -0.4 is 5.32 Å². The van der Waals surface area contributed by atoms with Crippen molar-refractivity contribution in [2.75, 3.05) is 0 Å². The van der Waals surface area contributed by atoms with Gasteiger partial charge >= 0.3 is 0 Å². The van der Waals surface area contributed by atoms with Gasteiger partial charge in [-0.05, 0) is 29.9 Å². The van der Waals surface area contributed by atoms with Gasteiger partial charge in [-0.2, -0.15) is 0 Å². The summed E-state index contributed by atoms with van der Waals surface area (Å²) >= 11 is 4.90. The molecule has 1 aliphatic rings. The lowest BCUT2D eigenvalue weighted by atomic mass is 10.2. The van der Waals surface area contributed by atoms with Crippen LogP contribution in [-0.2, 0) is 9.59 Å². The van der Waals surface area contributed by atoms with Gasteiger partial charge < -0.3 is 5.32 Å². The summed E-state index contributed by atoms with van der Waals surface area (Å²) in [5.74, 6) is -0.839. The number of rotatable bonds is 1. The van der Waals surface area contributed by atoms with E-state index < -0.39 is 11.8 Å². The molecule has 5 nitrogen and oxygen atoms in total. The van der Waals surface area contributed by atoms with Gasteiger partial charge in [0.25, 0.3) is 5.91 Å². The van der Waals surface area contributed by atoms with Gasteiger partial charge in [-0.25, -0.2) is 4.90 Å². The van der Waals surface area contributed by atoms with E-state index in [2.05, 4.69) is 10.3 Å². The topological polar surface area (TPSA) is 62.3 Å². The molecule has 0 bridgehead atoms. The molecule has 0 spiro atoms. The van der Waals surface area contributed by atoms with Gasteiger partial charge in [0, 0.05) is 19.3 Å². The number of aromatic nitrogens is 1. The standard InChI is InChI=1S/C11H9N3O2S/c1-7(15)14-10(16)9(13-11(14)17)5-8-3-2-4-12-6-8/h2-6H,1H3,(H,13,17). The van der Waals surface area contributed by atoms with E-state index in [0.717, 1.165) is 10.5 Å². The monoisotopic (exact) mass is 247 g/mol. The summed E-state index contributed by atoms with van der Waals surface area (Å²) in [4.78, 5) is 27.9. The molecular weight excluding hydrogens is 238 g/mol. The van der Waals surface area contributed by atoms with E-state index in [1.54, 1.807) is 30.6 Å². The van der Waals surface area contributed by atoms with Gasteiger partial charge in [0.2, 0.25) is 5.91 Å². The predicted octanol–water partition coefficient (Wildman–Crippen LogP) is 0.686. The van der Waals surface area contributed by atoms with Gasteiger partial charge in [-0.1, -0.05) is 6.07 Å². The second-order valence-corrected chi connectivity index (χ2v) is 3.82. The smallest absolute Gasteiger partial charge is 0.283 e. The minimum atomic E-state index is -0.439. The normalized spacial score (nSPS) is 17.5. The van der Waals surface area contributed by atoms with Crippen molar-refractivity contribution in [3.05, 3.63) is 35.8 Å². The maximum Gasteiger partial charge on any atom is 0.283 e. The highest BCUT2D eigenvalue weighted by atomic mass is 32.1. The summed E-state index contributed by atoms with van der Waals surface area (Å²) < 4.78 is 0. The molecule has 86 valence electrons. The fourth-order valence-corrected chi connectivity index (χ4v) is 1.77. The summed E-state index contributed by atoms with van der Waals surface area (Å²) in [6.45, 7) is 1.29. The SMILES string of the molecule is CC(=O)N1C(=O)C(=Cc2cccnc2)NC1=S. The third kappa shape index (κ3) is 2.21. The maximum absolute atomic E-state index is 11.8. The molecule has 1 N–H and O–H groups in total. The molecule has 0 saturated carbocycles. The Labute approximate surface area is 103 Å². The second kappa shape index (κ2) is 4.42. The molecule has 1 aliphatic heterocycles. The Kier molecular flexibility index (Phi) is 2.97. The van der Waals surface area contributed by atoms with Gasteiger partial charge in [0.1, 0.15) is 5.70 Å². The number of hydrogen-bond donors (Lipinski definition) is 1. The molecule has 1 aromatic rings. The van der Waals surface area contributed by atoms with Crippen LogP contribution in [-0.4, -0.2) is 26.8 Å². The zero-order valence-electron chi connectivity index (χ0n) is 9.01. The Morgan fingerprint density at radius 1 is 1.59 bits per heavy atom. The molecule has 6 heteroatoms. The number of thiocarbonyl (C=S) groups is 1. The molecule has 2 heterocycles. The fourth-order valence-electron chi connectivity index (χ4n) is 1.45.